The van der Waals surface area contributed by atoms with Gasteiger partial charge in [0, 0.05) is 24.6 Å². The number of carbonyl (C=O) groups excluding carboxylic acids is 2. The van der Waals surface area contributed by atoms with E-state index in [1.165, 1.54) is 0 Å². The zero-order valence-electron chi connectivity index (χ0n) is 20.5. The van der Waals surface area contributed by atoms with Gasteiger partial charge < -0.3 is 35.0 Å². The molecular weight excluding hydrogens is 476 g/mol. The summed E-state index contributed by atoms with van der Waals surface area (Å²) in [6.45, 7) is 0.728. The van der Waals surface area contributed by atoms with E-state index in [4.69, 9.17) is 9.47 Å². The highest BCUT2D eigenvalue weighted by molar-refractivity contribution is 5.82. The molecule has 0 radical (unpaired) electrons. The Labute approximate surface area is 214 Å². The van der Waals surface area contributed by atoms with Gasteiger partial charge in [0.25, 0.3) is 5.91 Å². The van der Waals surface area contributed by atoms with Gasteiger partial charge in [-0.05, 0) is 49.7 Å². The van der Waals surface area contributed by atoms with Crippen LogP contribution in [0.5, 0.6) is 11.5 Å². The second kappa shape index (κ2) is 8.58. The summed E-state index contributed by atoms with van der Waals surface area (Å²) in [5, 5.41) is 35.5. The van der Waals surface area contributed by atoms with E-state index in [1.807, 2.05) is 13.1 Å². The lowest BCUT2D eigenvalue weighted by Crippen LogP contribution is -2.74. The highest BCUT2D eigenvalue weighted by Crippen LogP contribution is 2.65. The van der Waals surface area contributed by atoms with E-state index in [0.29, 0.717) is 36.3 Å². The molecule has 1 fully saturated rings. The van der Waals surface area contributed by atoms with Crippen LogP contribution in [0.15, 0.2) is 54.3 Å². The minimum atomic E-state index is -1.33. The summed E-state index contributed by atoms with van der Waals surface area (Å²) in [5.41, 5.74) is 0.362. The number of aromatic hydroxyl groups is 1. The van der Waals surface area contributed by atoms with Crippen LogP contribution in [-0.4, -0.2) is 70.0 Å². The molecular formula is C28H30N2O7. The maximum absolute atomic E-state index is 12.8. The number of ether oxygens (including phenoxy) is 2. The topological polar surface area (TPSA) is 129 Å². The van der Waals surface area contributed by atoms with Crippen molar-refractivity contribution in [1.29, 1.82) is 0 Å². The van der Waals surface area contributed by atoms with Crippen LogP contribution in [0.2, 0.25) is 0 Å². The molecule has 1 amide bonds. The highest BCUT2D eigenvalue weighted by Gasteiger charge is 2.72. The van der Waals surface area contributed by atoms with E-state index < -0.39 is 35.1 Å². The van der Waals surface area contributed by atoms with Crippen LogP contribution in [0.4, 0.5) is 0 Å². The fourth-order valence-corrected chi connectivity index (χ4v) is 6.79. The Hall–Kier alpha value is -3.40. The number of likely N-dealkylation sites (N-methyl/N-ethyl adjacent to an activating group) is 1. The Morgan fingerprint density at radius 3 is 2.81 bits per heavy atom. The number of nitrogens with zero attached hydrogens (tertiary/aromatic N) is 1. The lowest BCUT2D eigenvalue weighted by Gasteiger charge is -2.61. The third kappa shape index (κ3) is 3.41. The number of phenolic OH excluding ortho intramolecular Hbond substituents is 1. The number of esters is 1. The molecule has 2 bridgehead atoms. The van der Waals surface area contributed by atoms with Gasteiger partial charge in [-0.25, -0.2) is 0 Å². The maximum Gasteiger partial charge on any atom is 0.312 e. The Kier molecular flexibility index (Phi) is 5.56. The zero-order chi connectivity index (χ0) is 25.9. The number of carbonyl (C=O) groups is 2. The van der Waals surface area contributed by atoms with E-state index >= 15 is 0 Å². The molecule has 2 aliphatic carbocycles. The molecule has 4 aliphatic rings. The molecule has 37 heavy (non-hydrogen) atoms. The summed E-state index contributed by atoms with van der Waals surface area (Å²) in [6.07, 6.45) is 1.06. The van der Waals surface area contributed by atoms with E-state index in [0.717, 1.165) is 17.7 Å². The van der Waals surface area contributed by atoms with Crippen molar-refractivity contribution in [3.05, 3.63) is 71.0 Å². The first-order chi connectivity index (χ1) is 17.8. The number of aliphatic hydroxyl groups is 2. The highest BCUT2D eigenvalue weighted by atomic mass is 16.6. The molecule has 1 saturated heterocycles. The van der Waals surface area contributed by atoms with Crippen molar-refractivity contribution in [2.24, 2.45) is 0 Å². The summed E-state index contributed by atoms with van der Waals surface area (Å²) >= 11 is 0. The predicted octanol–water partition coefficient (Wildman–Crippen LogP) is 1.45. The number of hydrogen-bond acceptors (Lipinski definition) is 8. The third-order valence-electron chi connectivity index (χ3n) is 8.58. The van der Waals surface area contributed by atoms with Crippen molar-refractivity contribution in [3.8, 4) is 11.5 Å². The van der Waals surface area contributed by atoms with Crippen molar-refractivity contribution in [2.45, 2.75) is 54.9 Å². The number of piperidine rings is 1. The third-order valence-corrected chi connectivity index (χ3v) is 8.58. The van der Waals surface area contributed by atoms with Crippen LogP contribution >= 0.6 is 0 Å². The SMILES string of the molecule is CN1CC[C@]23c4c5ccc(O)c4O[C@H]2C(OC(=O)CCNC(=O)C(O)c2ccccc2)=CC[C@@]3(O)[C@H]1C5. The molecule has 6 rings (SSSR count). The second-order valence-electron chi connectivity index (χ2n) is 10.4. The number of nitrogens with one attached hydrogen (secondary N) is 1. The lowest BCUT2D eigenvalue weighted by molar-refractivity contribution is -0.169. The van der Waals surface area contributed by atoms with Crippen LogP contribution in [0.25, 0.3) is 0 Å². The van der Waals surface area contributed by atoms with Crippen molar-refractivity contribution in [1.82, 2.24) is 10.2 Å². The first-order valence-corrected chi connectivity index (χ1v) is 12.6. The molecule has 1 spiro atoms. The van der Waals surface area contributed by atoms with Crippen molar-refractivity contribution in [3.63, 3.8) is 0 Å². The smallest absolute Gasteiger partial charge is 0.312 e. The zero-order valence-corrected chi connectivity index (χ0v) is 20.5. The van der Waals surface area contributed by atoms with E-state index in [-0.39, 0.29) is 24.8 Å². The first-order valence-electron chi connectivity index (χ1n) is 12.6. The van der Waals surface area contributed by atoms with Gasteiger partial charge in [0.05, 0.1) is 17.4 Å². The Bertz CT molecular complexity index is 1290. The van der Waals surface area contributed by atoms with Gasteiger partial charge in [0.15, 0.2) is 23.7 Å². The quantitative estimate of drug-likeness (QED) is 0.434. The molecule has 2 aromatic carbocycles. The number of rotatable bonds is 6. The molecule has 9 heteroatoms. The summed E-state index contributed by atoms with van der Waals surface area (Å²) in [5.74, 6) is -0.483. The molecule has 2 aliphatic heterocycles. The number of hydrogen-bond donors (Lipinski definition) is 4. The molecule has 0 aromatic heterocycles. The first kappa shape index (κ1) is 24.0. The molecule has 194 valence electrons. The average Bonchev–Trinajstić information content (AvgIpc) is 3.25. The van der Waals surface area contributed by atoms with Crippen LogP contribution in [0, 0.1) is 0 Å². The van der Waals surface area contributed by atoms with Crippen LogP contribution < -0.4 is 10.1 Å². The van der Waals surface area contributed by atoms with Crippen molar-refractivity contribution < 1.29 is 34.4 Å². The fourth-order valence-electron chi connectivity index (χ4n) is 6.79. The minimum Gasteiger partial charge on any atom is -0.504 e. The van der Waals surface area contributed by atoms with Gasteiger partial charge in [0.1, 0.15) is 5.76 Å². The Balaban J connectivity index is 1.19. The summed E-state index contributed by atoms with van der Waals surface area (Å²) in [7, 11) is 2.01. The number of aliphatic hydroxyl groups excluding tert-OH is 1. The molecule has 0 saturated carbocycles. The summed E-state index contributed by atoms with van der Waals surface area (Å²) in [4.78, 5) is 27.2. The minimum absolute atomic E-state index is 0.00647. The lowest BCUT2D eigenvalue weighted by atomic mass is 9.50. The Morgan fingerprint density at radius 2 is 2.03 bits per heavy atom. The van der Waals surface area contributed by atoms with E-state index in [1.54, 1.807) is 42.5 Å². The average molecular weight is 507 g/mol. The Morgan fingerprint density at radius 1 is 1.24 bits per heavy atom. The number of benzene rings is 2. The molecule has 4 N–H and O–H groups in total. The van der Waals surface area contributed by atoms with Gasteiger partial charge >= 0.3 is 5.97 Å². The van der Waals surface area contributed by atoms with Gasteiger partial charge in [-0.1, -0.05) is 36.4 Å². The van der Waals surface area contributed by atoms with Crippen LogP contribution in [0.3, 0.4) is 0 Å². The normalized spacial score (nSPS) is 30.0. The largest absolute Gasteiger partial charge is 0.504 e. The number of amides is 1. The van der Waals surface area contributed by atoms with Gasteiger partial charge in [0.2, 0.25) is 0 Å². The number of phenols is 1. The maximum atomic E-state index is 12.8. The van der Waals surface area contributed by atoms with Crippen LogP contribution in [-0.2, 0) is 26.2 Å². The summed E-state index contributed by atoms with van der Waals surface area (Å²) in [6, 6.07) is 11.9. The monoisotopic (exact) mass is 506 g/mol. The second-order valence-corrected chi connectivity index (χ2v) is 10.4. The molecule has 5 atom stereocenters. The van der Waals surface area contributed by atoms with Gasteiger partial charge in [-0.2, -0.15) is 0 Å². The number of likely N-dealkylation sites (tertiary alicyclic amines) is 1. The van der Waals surface area contributed by atoms with Gasteiger partial charge in [-0.3, -0.25) is 9.59 Å². The molecule has 1 unspecified atom stereocenters. The van der Waals surface area contributed by atoms with E-state index in [2.05, 4.69) is 10.2 Å². The standard InChI is InChI=1S/C28H30N2O7/c1-30-14-12-27-22-17-7-8-18(31)24(22)37-25(27)19(9-11-28(27,35)20(30)15-17)36-21(32)10-13-29-26(34)23(33)16-5-3-2-4-6-16/h2-9,20,23,25,31,33,35H,10-15H2,1H3,(H,29,34)/t20-,23?,25+,27+,28-/m1/s1. The fraction of sp³-hybridized carbons (Fsp3) is 0.429. The molecule has 2 heterocycles. The predicted molar refractivity (Wildman–Crippen MR) is 132 cm³/mol. The molecule has 2 aromatic rings. The van der Waals surface area contributed by atoms with E-state index in [9.17, 15) is 24.9 Å². The van der Waals surface area contributed by atoms with Crippen molar-refractivity contribution in [2.75, 3.05) is 20.1 Å². The van der Waals surface area contributed by atoms with Crippen LogP contribution in [0.1, 0.15) is 42.1 Å². The molecule has 9 nitrogen and oxygen atoms in total. The van der Waals surface area contributed by atoms with Crippen molar-refractivity contribution >= 4 is 11.9 Å². The summed E-state index contributed by atoms with van der Waals surface area (Å²) < 4.78 is 12.0. The van der Waals surface area contributed by atoms with Gasteiger partial charge in [-0.15, -0.1) is 0 Å².